The molecule has 1 aromatic rings. The van der Waals surface area contributed by atoms with Gasteiger partial charge in [-0.3, -0.25) is 4.79 Å². The monoisotopic (exact) mass is 225 g/mol. The zero-order valence-corrected chi connectivity index (χ0v) is 9.73. The molecule has 1 atom stereocenters. The molecule has 0 fully saturated rings. The second-order valence-corrected chi connectivity index (χ2v) is 3.91. The SMILES string of the molecule is CCCn1cc(N)cc1C(=O)N[C@H](C)CO. The van der Waals surface area contributed by atoms with E-state index in [1.165, 1.54) is 0 Å². The van der Waals surface area contributed by atoms with E-state index in [9.17, 15) is 4.79 Å². The summed E-state index contributed by atoms with van der Waals surface area (Å²) in [5.41, 5.74) is 6.78. The van der Waals surface area contributed by atoms with Gasteiger partial charge >= 0.3 is 0 Å². The largest absolute Gasteiger partial charge is 0.397 e. The lowest BCUT2D eigenvalue weighted by atomic mass is 10.3. The minimum Gasteiger partial charge on any atom is -0.397 e. The summed E-state index contributed by atoms with van der Waals surface area (Å²) in [6, 6.07) is 1.40. The van der Waals surface area contributed by atoms with Crippen LogP contribution in [-0.2, 0) is 6.54 Å². The minimum absolute atomic E-state index is 0.0737. The topological polar surface area (TPSA) is 80.3 Å². The molecule has 0 aromatic carbocycles. The predicted molar refractivity (Wildman–Crippen MR) is 63.1 cm³/mol. The van der Waals surface area contributed by atoms with Gasteiger partial charge < -0.3 is 20.7 Å². The summed E-state index contributed by atoms with van der Waals surface area (Å²) in [6.45, 7) is 4.46. The van der Waals surface area contributed by atoms with Crippen molar-refractivity contribution in [2.75, 3.05) is 12.3 Å². The molecule has 4 N–H and O–H groups in total. The van der Waals surface area contributed by atoms with Gasteiger partial charge in [0.2, 0.25) is 0 Å². The predicted octanol–water partition coefficient (Wildman–Crippen LogP) is 0.591. The number of rotatable bonds is 5. The van der Waals surface area contributed by atoms with Crippen molar-refractivity contribution in [3.8, 4) is 0 Å². The minimum atomic E-state index is -0.251. The first-order valence-corrected chi connectivity index (χ1v) is 5.45. The van der Waals surface area contributed by atoms with Crippen LogP contribution in [0.3, 0.4) is 0 Å². The number of nitrogens with zero attached hydrogens (tertiary/aromatic N) is 1. The van der Waals surface area contributed by atoms with Gasteiger partial charge in [0, 0.05) is 18.8 Å². The standard InChI is InChI=1S/C11H19N3O2/c1-3-4-14-6-9(12)5-10(14)11(16)13-8(2)7-15/h5-6,8,15H,3-4,7,12H2,1-2H3,(H,13,16)/t8-/m1/s1. The van der Waals surface area contributed by atoms with Crippen molar-refractivity contribution in [3.63, 3.8) is 0 Å². The van der Waals surface area contributed by atoms with Crippen LogP contribution in [0.1, 0.15) is 30.8 Å². The van der Waals surface area contributed by atoms with Gasteiger partial charge in [-0.2, -0.15) is 0 Å². The number of aromatic nitrogens is 1. The lowest BCUT2D eigenvalue weighted by Crippen LogP contribution is -2.36. The Hall–Kier alpha value is -1.49. The van der Waals surface area contributed by atoms with Crippen molar-refractivity contribution >= 4 is 11.6 Å². The van der Waals surface area contributed by atoms with Gasteiger partial charge in [0.25, 0.3) is 5.91 Å². The van der Waals surface area contributed by atoms with Crippen LogP contribution in [-0.4, -0.2) is 28.2 Å². The van der Waals surface area contributed by atoms with E-state index in [1.54, 1.807) is 19.2 Å². The number of nitrogen functional groups attached to an aromatic ring is 1. The molecule has 0 aliphatic carbocycles. The fourth-order valence-corrected chi connectivity index (χ4v) is 1.49. The van der Waals surface area contributed by atoms with E-state index in [1.807, 2.05) is 11.5 Å². The Bertz CT molecular complexity index is 360. The van der Waals surface area contributed by atoms with E-state index in [2.05, 4.69) is 5.32 Å². The molecule has 0 bridgehead atoms. The zero-order valence-electron chi connectivity index (χ0n) is 9.73. The summed E-state index contributed by atoms with van der Waals surface area (Å²) >= 11 is 0. The van der Waals surface area contributed by atoms with Crippen LogP contribution < -0.4 is 11.1 Å². The third-order valence-corrected chi connectivity index (χ3v) is 2.27. The summed E-state index contributed by atoms with van der Waals surface area (Å²) in [6.07, 6.45) is 2.69. The Labute approximate surface area is 95.3 Å². The molecule has 16 heavy (non-hydrogen) atoms. The van der Waals surface area contributed by atoms with Crippen LogP contribution in [0.5, 0.6) is 0 Å². The van der Waals surface area contributed by atoms with Crippen LogP contribution in [0.15, 0.2) is 12.3 Å². The molecular formula is C11H19N3O2. The van der Waals surface area contributed by atoms with Gasteiger partial charge in [-0.15, -0.1) is 0 Å². The third kappa shape index (κ3) is 3.00. The summed E-state index contributed by atoms with van der Waals surface area (Å²) < 4.78 is 1.83. The molecule has 0 saturated heterocycles. The number of hydrogen-bond acceptors (Lipinski definition) is 3. The summed E-state index contributed by atoms with van der Waals surface area (Å²) in [4.78, 5) is 11.8. The van der Waals surface area contributed by atoms with Crippen LogP contribution in [0.2, 0.25) is 0 Å². The Morgan fingerprint density at radius 1 is 1.69 bits per heavy atom. The highest BCUT2D eigenvalue weighted by Gasteiger charge is 2.14. The second-order valence-electron chi connectivity index (χ2n) is 3.91. The molecule has 0 saturated carbocycles. The van der Waals surface area contributed by atoms with E-state index in [0.29, 0.717) is 11.4 Å². The molecule has 0 spiro atoms. The van der Waals surface area contributed by atoms with Gasteiger partial charge in [0.05, 0.1) is 12.3 Å². The zero-order chi connectivity index (χ0) is 12.1. The van der Waals surface area contributed by atoms with Crippen molar-refractivity contribution in [2.24, 2.45) is 0 Å². The van der Waals surface area contributed by atoms with E-state index >= 15 is 0 Å². The van der Waals surface area contributed by atoms with Crippen LogP contribution in [0, 0.1) is 0 Å². The van der Waals surface area contributed by atoms with Crippen molar-refractivity contribution in [3.05, 3.63) is 18.0 Å². The molecule has 0 radical (unpaired) electrons. The van der Waals surface area contributed by atoms with Crippen molar-refractivity contribution in [1.29, 1.82) is 0 Å². The van der Waals surface area contributed by atoms with Gasteiger partial charge in [-0.05, 0) is 19.4 Å². The number of hydrogen-bond donors (Lipinski definition) is 3. The van der Waals surface area contributed by atoms with E-state index in [0.717, 1.165) is 13.0 Å². The Morgan fingerprint density at radius 3 is 2.94 bits per heavy atom. The maximum atomic E-state index is 11.8. The summed E-state index contributed by atoms with van der Waals surface area (Å²) in [5.74, 6) is -0.202. The number of anilines is 1. The Balaban J connectivity index is 2.81. The number of nitrogens with one attached hydrogen (secondary N) is 1. The van der Waals surface area contributed by atoms with Crippen molar-refractivity contribution in [2.45, 2.75) is 32.9 Å². The van der Waals surface area contributed by atoms with Crippen LogP contribution in [0.25, 0.3) is 0 Å². The van der Waals surface area contributed by atoms with E-state index in [4.69, 9.17) is 10.8 Å². The number of aliphatic hydroxyl groups excluding tert-OH is 1. The smallest absolute Gasteiger partial charge is 0.268 e. The Morgan fingerprint density at radius 2 is 2.38 bits per heavy atom. The Kier molecular flexibility index (Phi) is 4.37. The highest BCUT2D eigenvalue weighted by atomic mass is 16.3. The third-order valence-electron chi connectivity index (χ3n) is 2.27. The molecule has 5 nitrogen and oxygen atoms in total. The number of amides is 1. The quantitative estimate of drug-likeness (QED) is 0.686. The van der Waals surface area contributed by atoms with Gasteiger partial charge in [-0.25, -0.2) is 0 Å². The van der Waals surface area contributed by atoms with Crippen molar-refractivity contribution in [1.82, 2.24) is 9.88 Å². The molecule has 0 unspecified atom stereocenters. The molecule has 0 aliphatic rings. The second kappa shape index (κ2) is 5.55. The number of aryl methyl sites for hydroxylation is 1. The van der Waals surface area contributed by atoms with Crippen molar-refractivity contribution < 1.29 is 9.90 Å². The first-order valence-electron chi connectivity index (χ1n) is 5.45. The first-order chi connectivity index (χ1) is 7.58. The molecule has 1 rings (SSSR count). The number of carbonyl (C=O) groups is 1. The maximum Gasteiger partial charge on any atom is 0.268 e. The number of carbonyl (C=O) groups excluding carboxylic acids is 1. The highest BCUT2D eigenvalue weighted by molar-refractivity contribution is 5.94. The average molecular weight is 225 g/mol. The lowest BCUT2D eigenvalue weighted by Gasteiger charge is -2.12. The molecule has 0 aliphatic heterocycles. The molecule has 5 heteroatoms. The first kappa shape index (κ1) is 12.6. The fourth-order valence-electron chi connectivity index (χ4n) is 1.49. The van der Waals surface area contributed by atoms with Gasteiger partial charge in [-0.1, -0.05) is 6.92 Å². The van der Waals surface area contributed by atoms with E-state index in [-0.39, 0.29) is 18.6 Å². The van der Waals surface area contributed by atoms with Crippen LogP contribution in [0.4, 0.5) is 5.69 Å². The maximum absolute atomic E-state index is 11.8. The molecular weight excluding hydrogens is 206 g/mol. The number of aliphatic hydroxyl groups is 1. The van der Waals surface area contributed by atoms with Gasteiger partial charge in [0.1, 0.15) is 5.69 Å². The lowest BCUT2D eigenvalue weighted by molar-refractivity contribution is 0.0913. The number of nitrogens with two attached hydrogens (primary N) is 1. The molecule has 90 valence electrons. The average Bonchev–Trinajstić information content (AvgIpc) is 2.60. The summed E-state index contributed by atoms with van der Waals surface area (Å²) in [7, 11) is 0. The molecule has 1 heterocycles. The fraction of sp³-hybridized carbons (Fsp3) is 0.545. The highest BCUT2D eigenvalue weighted by Crippen LogP contribution is 2.11. The normalized spacial score (nSPS) is 12.4. The molecule has 1 amide bonds. The van der Waals surface area contributed by atoms with Crippen LogP contribution >= 0.6 is 0 Å². The summed E-state index contributed by atoms with van der Waals surface area (Å²) in [5, 5.41) is 11.6. The van der Waals surface area contributed by atoms with Gasteiger partial charge in [0.15, 0.2) is 0 Å². The molecule has 1 aromatic heterocycles. The van der Waals surface area contributed by atoms with E-state index < -0.39 is 0 Å².